The number of nitrogens with one attached hydrogen (secondary N) is 2. The van der Waals surface area contributed by atoms with Crippen molar-refractivity contribution in [1.29, 1.82) is 0 Å². The van der Waals surface area contributed by atoms with Crippen LogP contribution in [0.2, 0.25) is 0 Å². The molecule has 5 rings (SSSR count). The van der Waals surface area contributed by atoms with Gasteiger partial charge in [0, 0.05) is 37.2 Å². The van der Waals surface area contributed by atoms with Crippen LogP contribution in [0.25, 0.3) is 0 Å². The Morgan fingerprint density at radius 2 is 1.78 bits per heavy atom. The van der Waals surface area contributed by atoms with Crippen molar-refractivity contribution >= 4 is 23.6 Å². The summed E-state index contributed by atoms with van der Waals surface area (Å²) < 4.78 is 34.3. The number of methoxy groups -OCH3 is 1. The van der Waals surface area contributed by atoms with Crippen molar-refractivity contribution in [3.8, 4) is 34.5 Å². The summed E-state index contributed by atoms with van der Waals surface area (Å²) in [7, 11) is 2.60. The second kappa shape index (κ2) is 18.9. The molecule has 322 valence electrons. The summed E-state index contributed by atoms with van der Waals surface area (Å²) in [6.07, 6.45) is -10.4. The Balaban J connectivity index is 1.49. The van der Waals surface area contributed by atoms with Gasteiger partial charge < -0.3 is 85.6 Å². The molecule has 2 aliphatic rings. The van der Waals surface area contributed by atoms with Crippen molar-refractivity contribution in [1.82, 2.24) is 5.32 Å². The number of cyclic esters (lactones) is 1. The van der Waals surface area contributed by atoms with Crippen LogP contribution in [-0.2, 0) is 28.7 Å². The molecule has 1 fully saturated rings. The lowest BCUT2D eigenvalue weighted by Crippen LogP contribution is -2.70. The average Bonchev–Trinajstić information content (AvgIpc) is 3.21. The fourth-order valence-electron chi connectivity index (χ4n) is 6.78. The van der Waals surface area contributed by atoms with E-state index < -0.39 is 90.3 Å². The third-order valence-corrected chi connectivity index (χ3v) is 10.0. The summed E-state index contributed by atoms with van der Waals surface area (Å²) in [6.45, 7) is 2.78. The predicted molar refractivity (Wildman–Crippen MR) is 207 cm³/mol. The number of carbonyl (C=O) groups excluding carboxylic acids is 1. The highest BCUT2D eigenvalue weighted by Crippen LogP contribution is 2.51. The number of hydrogen-bond acceptors (Lipinski definition) is 17. The number of carbonyl (C=O) groups is 2. The molecule has 0 amide bonds. The number of anilines is 1. The number of phenols is 2. The molecule has 0 aromatic heterocycles. The number of aliphatic hydroxyl groups excluding tert-OH is 5. The monoisotopic (exact) mass is 830 g/mol. The topological polar surface area (TPSA) is 314 Å². The molecule has 1 saturated heterocycles. The number of aromatic hydroxyl groups is 2. The van der Waals surface area contributed by atoms with Gasteiger partial charge in [0.2, 0.25) is 24.1 Å². The maximum absolute atomic E-state index is 13.8. The number of nitrogens with zero attached hydrogens (tertiary/aromatic N) is 1. The number of nitrogens with two attached hydrogens (primary N) is 1. The van der Waals surface area contributed by atoms with Crippen LogP contribution in [0.1, 0.15) is 57.7 Å². The second-order valence-electron chi connectivity index (χ2n) is 13.9. The van der Waals surface area contributed by atoms with Gasteiger partial charge in [0.15, 0.2) is 41.3 Å². The molecule has 3 aromatic rings. The molecule has 1 spiro atoms. The van der Waals surface area contributed by atoms with E-state index >= 15 is 0 Å². The molecular formula is C39H50N4O16. The molecular weight excluding hydrogens is 780 g/mol. The van der Waals surface area contributed by atoms with Gasteiger partial charge in [-0.15, -0.1) is 0 Å². The number of carboxylic acids is 1. The van der Waals surface area contributed by atoms with Gasteiger partial charge in [-0.25, -0.2) is 9.59 Å². The third-order valence-electron chi connectivity index (χ3n) is 10.0. The lowest BCUT2D eigenvalue weighted by molar-refractivity contribution is -0.357. The number of rotatable bonds is 15. The number of aryl methyl sites for hydroxylation is 1. The van der Waals surface area contributed by atoms with Crippen LogP contribution in [0.4, 0.5) is 5.69 Å². The molecule has 3 aromatic carbocycles. The number of ether oxygens (including phenoxy) is 6. The quantitative estimate of drug-likeness (QED) is 0.0425. The minimum atomic E-state index is -2.46. The largest absolute Gasteiger partial charge is 0.504 e. The van der Waals surface area contributed by atoms with Crippen LogP contribution in [0.5, 0.6) is 34.5 Å². The maximum Gasteiger partial charge on any atom is 0.344 e. The molecule has 20 nitrogen and oxygen atoms in total. The Kier molecular flexibility index (Phi) is 14.2. The van der Waals surface area contributed by atoms with Crippen molar-refractivity contribution in [2.24, 2.45) is 10.7 Å². The fourth-order valence-corrected chi connectivity index (χ4v) is 6.78. The van der Waals surface area contributed by atoms with Gasteiger partial charge in [-0.1, -0.05) is 31.2 Å². The summed E-state index contributed by atoms with van der Waals surface area (Å²) in [6, 6.07) is 9.31. The molecule has 0 aliphatic carbocycles. The maximum atomic E-state index is 13.8. The predicted octanol–water partition coefficient (Wildman–Crippen LogP) is 0.330. The SMILES string of the molecule is CCc1cccc(CCOc2c(O)c(OC)c3c(c2O)C(=O)OC(O)C2(CC3)OC(Oc3cc(NC(C)CO)c(C(=O)O)cc3OCNC(N)=NC)C(O)C(O)C2O)c1. The van der Waals surface area contributed by atoms with Gasteiger partial charge in [-0.3, -0.25) is 4.99 Å². The average molecular weight is 831 g/mol. The van der Waals surface area contributed by atoms with E-state index in [1.54, 1.807) is 6.92 Å². The molecule has 7 atom stereocenters. The molecule has 12 N–H and O–H groups in total. The Morgan fingerprint density at radius 3 is 2.44 bits per heavy atom. The third kappa shape index (κ3) is 9.27. The van der Waals surface area contributed by atoms with Gasteiger partial charge in [-0.2, -0.15) is 0 Å². The van der Waals surface area contributed by atoms with E-state index in [0.717, 1.165) is 29.7 Å². The lowest BCUT2D eigenvalue weighted by atomic mass is 9.80. The minimum absolute atomic E-state index is 0.0278. The van der Waals surface area contributed by atoms with Crippen molar-refractivity contribution in [2.45, 2.75) is 82.1 Å². The number of carboxylic acid groups (broad SMARTS) is 1. The molecule has 0 radical (unpaired) electrons. The van der Waals surface area contributed by atoms with Crippen molar-refractivity contribution in [2.75, 3.05) is 39.4 Å². The zero-order chi connectivity index (χ0) is 43.2. The first kappa shape index (κ1) is 44.3. The highest BCUT2D eigenvalue weighted by Gasteiger charge is 2.60. The van der Waals surface area contributed by atoms with E-state index in [-0.39, 0.29) is 59.8 Å². The first-order valence-electron chi connectivity index (χ1n) is 18.6. The molecule has 2 heterocycles. The number of phenolic OH excluding ortho intramolecular Hbond substituents is 2. The number of hydrogen-bond donors (Lipinski definition) is 11. The second-order valence-corrected chi connectivity index (χ2v) is 13.9. The fraction of sp³-hybridized carbons (Fsp3) is 0.462. The molecule has 2 aliphatic heterocycles. The highest BCUT2D eigenvalue weighted by atomic mass is 16.7. The molecule has 7 unspecified atom stereocenters. The normalized spacial score (nSPS) is 23.6. The summed E-state index contributed by atoms with van der Waals surface area (Å²) in [5, 5.41) is 92.8. The summed E-state index contributed by atoms with van der Waals surface area (Å²) >= 11 is 0. The van der Waals surface area contributed by atoms with Gasteiger partial charge in [0.25, 0.3) is 0 Å². The zero-order valence-corrected chi connectivity index (χ0v) is 32.7. The van der Waals surface area contributed by atoms with E-state index in [4.69, 9.17) is 34.2 Å². The Labute approximate surface area is 338 Å². The zero-order valence-electron chi connectivity index (χ0n) is 32.7. The molecule has 0 bridgehead atoms. The smallest absolute Gasteiger partial charge is 0.344 e. The molecule has 59 heavy (non-hydrogen) atoms. The van der Waals surface area contributed by atoms with Crippen LogP contribution in [-0.4, -0.2) is 135 Å². The van der Waals surface area contributed by atoms with Crippen LogP contribution < -0.4 is 35.3 Å². The van der Waals surface area contributed by atoms with Crippen molar-refractivity contribution in [3.05, 3.63) is 64.2 Å². The number of guanidine groups is 1. The van der Waals surface area contributed by atoms with Gasteiger partial charge in [-0.05, 0) is 37.3 Å². The number of esters is 1. The van der Waals surface area contributed by atoms with E-state index in [2.05, 4.69) is 15.6 Å². The van der Waals surface area contributed by atoms with Crippen molar-refractivity contribution in [3.63, 3.8) is 0 Å². The van der Waals surface area contributed by atoms with Crippen molar-refractivity contribution < 1.29 is 78.9 Å². The Morgan fingerprint density at radius 1 is 1.05 bits per heavy atom. The van der Waals surface area contributed by atoms with Crippen LogP contribution >= 0.6 is 0 Å². The van der Waals surface area contributed by atoms with E-state index in [9.17, 15) is 50.4 Å². The van der Waals surface area contributed by atoms with Crippen LogP contribution in [0.3, 0.4) is 0 Å². The first-order chi connectivity index (χ1) is 28.1. The first-order valence-corrected chi connectivity index (χ1v) is 18.6. The standard InChI is InChI=1S/C39H50N4O16/c1-5-19-7-6-8-20(13-19)10-12-55-32-27(45)26-21(31(54-4)30(32)48)9-11-39(37(53)58-35(26)52)33(49)28(46)29(47)36(59-39)57-25-15-23(43-18(2)16-44)22(34(50)51)14-24(25)56-17-42-38(40)41-3/h6-8,13-15,18,28-29,33,36-37,43-49,53H,5,9-12,16-17H2,1-4H3,(H,50,51)(H3,40,41,42). The van der Waals surface area contributed by atoms with Crippen LogP contribution in [0.15, 0.2) is 41.4 Å². The minimum Gasteiger partial charge on any atom is -0.504 e. The van der Waals surface area contributed by atoms with E-state index in [1.165, 1.54) is 14.2 Å². The Bertz CT molecular complexity index is 2030. The number of benzene rings is 3. The summed E-state index contributed by atoms with van der Waals surface area (Å²) in [5.41, 5.74) is 4.21. The number of aliphatic hydroxyl groups is 5. The van der Waals surface area contributed by atoms with E-state index in [1.807, 2.05) is 31.2 Å². The Hall–Kier alpha value is -5.77. The molecule has 0 saturated carbocycles. The van der Waals surface area contributed by atoms with Crippen LogP contribution in [0, 0.1) is 0 Å². The number of aliphatic imine (C=N–C) groups is 1. The number of aromatic carboxylic acids is 1. The summed E-state index contributed by atoms with van der Waals surface area (Å²) in [5.74, 6) is -5.59. The van der Waals surface area contributed by atoms with E-state index in [0.29, 0.717) is 6.42 Å². The summed E-state index contributed by atoms with van der Waals surface area (Å²) in [4.78, 5) is 29.8. The lowest BCUT2D eigenvalue weighted by Gasteiger charge is -2.50. The van der Waals surface area contributed by atoms with Gasteiger partial charge in [0.1, 0.15) is 23.9 Å². The van der Waals surface area contributed by atoms with Gasteiger partial charge in [0.05, 0.1) is 31.6 Å². The number of fused-ring (bicyclic) bond motifs is 1. The highest BCUT2D eigenvalue weighted by molar-refractivity contribution is 5.97. The van der Waals surface area contributed by atoms with Gasteiger partial charge >= 0.3 is 11.9 Å². The molecule has 20 heteroatoms.